The molecule has 0 rings (SSSR count). The Morgan fingerprint density at radius 1 is 0.365 bits per heavy atom. The van der Waals surface area contributed by atoms with E-state index in [2.05, 4.69) is 31.3 Å². The summed E-state index contributed by atoms with van der Waals surface area (Å²) in [7, 11) is 0. The van der Waals surface area contributed by atoms with Crippen molar-refractivity contribution in [3.8, 4) is 0 Å². The van der Waals surface area contributed by atoms with Crippen molar-refractivity contribution >= 4 is 11.9 Å². The topological polar surface area (TPSA) is 95.9 Å². The van der Waals surface area contributed by atoms with Gasteiger partial charge in [0.15, 0.2) is 0 Å². The fraction of sp³-hybridized carbons (Fsp3) is 0.941. The molecule has 6 heteroatoms. The van der Waals surface area contributed by atoms with Crippen LogP contribution in [0, 0.1) is 0 Å². The predicted molar refractivity (Wildman–Crippen MR) is 324 cm³/mol. The molecule has 0 bridgehead atoms. The number of allylic oxidation sites excluding steroid dienone is 2. The van der Waals surface area contributed by atoms with E-state index in [0.29, 0.717) is 25.9 Å². The summed E-state index contributed by atoms with van der Waals surface area (Å²) < 4.78 is 5.50. The van der Waals surface area contributed by atoms with Crippen molar-refractivity contribution in [3.63, 3.8) is 0 Å². The van der Waals surface area contributed by atoms with E-state index in [4.69, 9.17) is 4.74 Å². The lowest BCUT2D eigenvalue weighted by molar-refractivity contribution is -0.143. The van der Waals surface area contributed by atoms with E-state index < -0.39 is 12.1 Å². The number of nitrogens with one attached hydrogen (secondary N) is 1. The second-order valence-corrected chi connectivity index (χ2v) is 23.5. The first kappa shape index (κ1) is 72.6. The molecule has 0 saturated heterocycles. The summed E-state index contributed by atoms with van der Waals surface area (Å²) in [6, 6.07) is -0.539. The summed E-state index contributed by atoms with van der Waals surface area (Å²) in [4.78, 5) is 24.5. The Balaban J connectivity index is 3.33. The lowest BCUT2D eigenvalue weighted by atomic mass is 10.0. The second-order valence-electron chi connectivity index (χ2n) is 23.5. The number of carbonyl (C=O) groups excluding carboxylic acids is 2. The largest absolute Gasteiger partial charge is 0.466 e. The zero-order valence-electron chi connectivity index (χ0n) is 50.4. The fourth-order valence-electron chi connectivity index (χ4n) is 10.9. The molecule has 0 aromatic heterocycles. The molecule has 440 valence electrons. The molecule has 2 unspecified atom stereocenters. The average Bonchev–Trinajstić information content (AvgIpc) is 3.40. The number of aliphatic hydroxyl groups excluding tert-OH is 2. The van der Waals surface area contributed by atoms with Gasteiger partial charge in [-0.3, -0.25) is 9.59 Å². The third kappa shape index (κ3) is 59.8. The molecule has 0 saturated carbocycles. The normalized spacial score (nSPS) is 12.5. The number of unbranched alkanes of at least 4 members (excludes halogenated alkanes) is 51. The average molecular weight is 1040 g/mol. The van der Waals surface area contributed by atoms with Crippen LogP contribution in [0.5, 0.6) is 0 Å². The molecule has 3 N–H and O–H groups in total. The quantitative estimate of drug-likeness (QED) is 0.0320. The molecular weight excluding hydrogens is 911 g/mol. The number of amides is 1. The van der Waals surface area contributed by atoms with Crippen molar-refractivity contribution in [3.05, 3.63) is 12.2 Å². The Labute approximate surface area is 463 Å². The molecule has 2 atom stereocenters. The standard InChI is InChI=1S/C68H133NO5/c1-3-5-7-9-11-13-15-16-17-31-35-38-42-46-50-54-58-62-68(73)74-63-59-55-51-47-43-39-36-33-30-28-26-24-22-20-18-19-21-23-25-27-29-32-34-37-41-45-49-53-57-61-67(72)69-65(64-70)66(71)60-56-52-48-44-40-14-12-10-8-6-4-2/h18,20,65-66,70-71H,3-17,19,21-64H2,1-2H3,(H,69,72)/b20-18-. The van der Waals surface area contributed by atoms with Crippen molar-refractivity contribution in [2.75, 3.05) is 13.2 Å². The monoisotopic (exact) mass is 1040 g/mol. The van der Waals surface area contributed by atoms with Gasteiger partial charge in [-0.1, -0.05) is 334 Å². The van der Waals surface area contributed by atoms with E-state index >= 15 is 0 Å². The molecule has 74 heavy (non-hydrogen) atoms. The van der Waals surface area contributed by atoms with Crippen LogP contribution in [0.1, 0.15) is 386 Å². The lowest BCUT2D eigenvalue weighted by Gasteiger charge is -2.22. The van der Waals surface area contributed by atoms with Crippen LogP contribution in [0.25, 0.3) is 0 Å². The summed E-state index contributed by atoms with van der Waals surface area (Å²) in [5.74, 6) is -0.0119. The Morgan fingerprint density at radius 3 is 0.959 bits per heavy atom. The minimum Gasteiger partial charge on any atom is -0.466 e. The number of carbonyl (C=O) groups is 2. The molecule has 6 nitrogen and oxygen atoms in total. The number of esters is 1. The van der Waals surface area contributed by atoms with E-state index in [1.165, 1.54) is 315 Å². The zero-order valence-corrected chi connectivity index (χ0v) is 50.4. The maximum absolute atomic E-state index is 12.5. The van der Waals surface area contributed by atoms with Crippen LogP contribution in [-0.2, 0) is 14.3 Å². The number of aliphatic hydroxyl groups is 2. The summed E-state index contributed by atoms with van der Waals surface area (Å²) >= 11 is 0. The van der Waals surface area contributed by atoms with Crippen LogP contribution < -0.4 is 5.32 Å². The highest BCUT2D eigenvalue weighted by molar-refractivity contribution is 5.76. The van der Waals surface area contributed by atoms with Gasteiger partial charge in [0, 0.05) is 12.8 Å². The van der Waals surface area contributed by atoms with Crippen LogP contribution in [0.15, 0.2) is 12.2 Å². The first-order valence-corrected chi connectivity index (χ1v) is 33.9. The van der Waals surface area contributed by atoms with Crippen molar-refractivity contribution in [1.29, 1.82) is 0 Å². The summed E-state index contributed by atoms with van der Waals surface area (Å²) in [5, 5.41) is 23.2. The first-order chi connectivity index (χ1) is 36.5. The molecule has 0 aliphatic heterocycles. The van der Waals surface area contributed by atoms with E-state index in [9.17, 15) is 19.8 Å². The van der Waals surface area contributed by atoms with Gasteiger partial charge < -0.3 is 20.3 Å². The Morgan fingerprint density at radius 2 is 0.635 bits per heavy atom. The van der Waals surface area contributed by atoms with Gasteiger partial charge in [0.1, 0.15) is 0 Å². The smallest absolute Gasteiger partial charge is 0.305 e. The second kappa shape index (κ2) is 64.1. The molecule has 0 aliphatic rings. The maximum Gasteiger partial charge on any atom is 0.305 e. The molecule has 0 aromatic carbocycles. The number of hydrogen-bond acceptors (Lipinski definition) is 5. The van der Waals surface area contributed by atoms with E-state index in [1.807, 2.05) is 0 Å². The first-order valence-electron chi connectivity index (χ1n) is 33.9. The minimum absolute atomic E-state index is 0.0212. The van der Waals surface area contributed by atoms with Crippen LogP contribution in [0.4, 0.5) is 0 Å². The van der Waals surface area contributed by atoms with Gasteiger partial charge in [0.25, 0.3) is 0 Å². The van der Waals surface area contributed by atoms with Gasteiger partial charge in [0.05, 0.1) is 25.4 Å². The summed E-state index contributed by atoms with van der Waals surface area (Å²) in [6.45, 7) is 4.98. The van der Waals surface area contributed by atoms with E-state index in [-0.39, 0.29) is 18.5 Å². The number of rotatable bonds is 64. The summed E-state index contributed by atoms with van der Waals surface area (Å²) in [6.07, 6.45) is 78.3. The van der Waals surface area contributed by atoms with Crippen molar-refractivity contribution in [2.45, 2.75) is 398 Å². The summed E-state index contributed by atoms with van der Waals surface area (Å²) in [5.41, 5.74) is 0. The van der Waals surface area contributed by atoms with Crippen molar-refractivity contribution in [1.82, 2.24) is 5.32 Å². The molecule has 0 aromatic rings. The minimum atomic E-state index is -0.661. The third-order valence-electron chi connectivity index (χ3n) is 16.1. The van der Waals surface area contributed by atoms with E-state index in [0.717, 1.165) is 38.5 Å². The Kier molecular flexibility index (Phi) is 62.9. The maximum atomic E-state index is 12.5. The predicted octanol–water partition coefficient (Wildman–Crippen LogP) is 21.6. The van der Waals surface area contributed by atoms with Crippen LogP contribution in [0.2, 0.25) is 0 Å². The molecule has 0 aliphatic carbocycles. The SMILES string of the molecule is CCCCCCCCCCCCCCCCCCCC(=O)OCCCCCCCCCCCCCC/C=C\CCCCCCCCCCCCCCCC(=O)NC(CO)C(O)CCCCCCCCCCCCC. The van der Waals surface area contributed by atoms with Crippen molar-refractivity contribution < 1.29 is 24.5 Å². The molecule has 0 spiro atoms. The molecule has 0 fully saturated rings. The van der Waals surface area contributed by atoms with Gasteiger partial charge >= 0.3 is 5.97 Å². The van der Waals surface area contributed by atoms with Crippen LogP contribution in [-0.4, -0.2) is 47.4 Å². The highest BCUT2D eigenvalue weighted by atomic mass is 16.5. The van der Waals surface area contributed by atoms with Gasteiger partial charge in [-0.25, -0.2) is 0 Å². The zero-order chi connectivity index (χ0) is 53.6. The highest BCUT2D eigenvalue weighted by Gasteiger charge is 2.20. The van der Waals surface area contributed by atoms with Crippen LogP contribution >= 0.6 is 0 Å². The Bertz CT molecular complexity index is 1110. The number of ether oxygens (including phenoxy) is 1. The van der Waals surface area contributed by atoms with Gasteiger partial charge in [-0.2, -0.15) is 0 Å². The van der Waals surface area contributed by atoms with Crippen molar-refractivity contribution in [2.24, 2.45) is 0 Å². The van der Waals surface area contributed by atoms with Gasteiger partial charge in [-0.15, -0.1) is 0 Å². The van der Waals surface area contributed by atoms with Gasteiger partial charge in [-0.05, 0) is 51.4 Å². The molecular formula is C68H133NO5. The number of hydrogen-bond donors (Lipinski definition) is 3. The van der Waals surface area contributed by atoms with E-state index in [1.54, 1.807) is 0 Å². The van der Waals surface area contributed by atoms with Gasteiger partial charge in [0.2, 0.25) is 5.91 Å². The highest BCUT2D eigenvalue weighted by Crippen LogP contribution is 2.19. The Hall–Kier alpha value is -1.40. The molecule has 1 amide bonds. The molecule has 0 heterocycles. The molecule has 0 radical (unpaired) electrons. The van der Waals surface area contributed by atoms with Crippen LogP contribution in [0.3, 0.4) is 0 Å². The lowest BCUT2D eigenvalue weighted by Crippen LogP contribution is -2.45. The fourth-order valence-corrected chi connectivity index (χ4v) is 10.9. The third-order valence-corrected chi connectivity index (χ3v) is 16.1.